The van der Waals surface area contributed by atoms with Gasteiger partial charge in [0.25, 0.3) is 0 Å². The number of carbonyl (C=O) groups excluding carboxylic acids is 1. The molecule has 3 N–H and O–H groups in total. The Balaban J connectivity index is 1.62. The van der Waals surface area contributed by atoms with Crippen LogP contribution in [0.1, 0.15) is 77.0 Å². The van der Waals surface area contributed by atoms with Crippen LogP contribution in [0.2, 0.25) is 0 Å². The van der Waals surface area contributed by atoms with E-state index in [1.54, 1.807) is 20.8 Å². The van der Waals surface area contributed by atoms with E-state index in [2.05, 4.69) is 22.8 Å². The van der Waals surface area contributed by atoms with Crippen molar-refractivity contribution in [2.75, 3.05) is 11.9 Å². The molecule has 0 aliphatic carbocycles. The molecule has 0 radical (unpaired) electrons. The standard InChI is InChI=1S/C22H35N3O3/c1-22(2,3)21(28)25-18(20(26)27)12-8-6-4-5-7-11-17-14-13-16-10-9-15-23-19(16)24-17/h13-14,18H,4-12,15H2,1-3H3,(H,23,24)(H,25,28)(H,26,27)/t18-/m0/s1. The highest BCUT2D eigenvalue weighted by molar-refractivity contribution is 5.86. The van der Waals surface area contributed by atoms with Gasteiger partial charge in [-0.15, -0.1) is 0 Å². The molecule has 0 saturated heterocycles. The van der Waals surface area contributed by atoms with Crippen LogP contribution in [0.4, 0.5) is 5.82 Å². The predicted octanol–water partition coefficient (Wildman–Crippen LogP) is 3.94. The van der Waals surface area contributed by atoms with Crippen molar-refractivity contribution in [3.63, 3.8) is 0 Å². The molecule has 1 aromatic rings. The van der Waals surface area contributed by atoms with E-state index in [9.17, 15) is 14.7 Å². The summed E-state index contributed by atoms with van der Waals surface area (Å²) >= 11 is 0. The third-order valence-electron chi connectivity index (χ3n) is 5.16. The summed E-state index contributed by atoms with van der Waals surface area (Å²) in [4.78, 5) is 28.1. The van der Waals surface area contributed by atoms with Gasteiger partial charge in [-0.3, -0.25) is 4.79 Å². The van der Waals surface area contributed by atoms with Gasteiger partial charge in [0, 0.05) is 17.7 Å². The molecule has 0 saturated carbocycles. The molecule has 1 aliphatic rings. The van der Waals surface area contributed by atoms with E-state index in [0.29, 0.717) is 6.42 Å². The molecule has 2 heterocycles. The molecular weight excluding hydrogens is 354 g/mol. The molecule has 6 nitrogen and oxygen atoms in total. The van der Waals surface area contributed by atoms with E-state index in [0.717, 1.165) is 63.0 Å². The van der Waals surface area contributed by atoms with Gasteiger partial charge >= 0.3 is 5.97 Å². The van der Waals surface area contributed by atoms with Crippen molar-refractivity contribution in [1.82, 2.24) is 10.3 Å². The first-order valence-corrected chi connectivity index (χ1v) is 10.5. The number of pyridine rings is 1. The summed E-state index contributed by atoms with van der Waals surface area (Å²) in [6.07, 6.45) is 8.82. The third kappa shape index (κ3) is 7.13. The number of carboxylic acids is 1. The van der Waals surface area contributed by atoms with Crippen molar-refractivity contribution in [2.45, 2.75) is 84.6 Å². The minimum Gasteiger partial charge on any atom is -0.480 e. The first-order chi connectivity index (χ1) is 13.3. The molecule has 0 fully saturated rings. The minimum absolute atomic E-state index is 0.216. The van der Waals surface area contributed by atoms with Crippen molar-refractivity contribution in [3.05, 3.63) is 23.4 Å². The van der Waals surface area contributed by atoms with Crippen LogP contribution in [0.5, 0.6) is 0 Å². The number of carboxylic acid groups (broad SMARTS) is 1. The van der Waals surface area contributed by atoms with E-state index in [-0.39, 0.29) is 5.91 Å². The van der Waals surface area contributed by atoms with Gasteiger partial charge in [0.05, 0.1) is 0 Å². The zero-order chi connectivity index (χ0) is 20.6. The Labute approximate surface area is 168 Å². The Hall–Kier alpha value is -2.11. The molecule has 156 valence electrons. The van der Waals surface area contributed by atoms with Crippen LogP contribution < -0.4 is 10.6 Å². The lowest BCUT2D eigenvalue weighted by atomic mass is 9.94. The number of unbranched alkanes of at least 4 members (excludes halogenated alkanes) is 4. The second kappa shape index (κ2) is 10.4. The van der Waals surface area contributed by atoms with Crippen molar-refractivity contribution < 1.29 is 14.7 Å². The number of aromatic nitrogens is 1. The number of nitrogens with zero attached hydrogens (tertiary/aromatic N) is 1. The van der Waals surface area contributed by atoms with Crippen LogP contribution in [0.15, 0.2) is 12.1 Å². The number of hydrogen-bond donors (Lipinski definition) is 3. The van der Waals surface area contributed by atoms with Gasteiger partial charge in [0.1, 0.15) is 11.9 Å². The SMILES string of the molecule is CC(C)(C)C(=O)N[C@@H](CCCCCCCc1ccc2c(n1)NCCC2)C(=O)O. The number of nitrogens with one attached hydrogen (secondary N) is 2. The Kier molecular flexibility index (Phi) is 8.27. The largest absolute Gasteiger partial charge is 0.480 e. The molecule has 0 aromatic carbocycles. The maximum Gasteiger partial charge on any atom is 0.326 e. The Morgan fingerprint density at radius 1 is 1.18 bits per heavy atom. The highest BCUT2D eigenvalue weighted by Gasteiger charge is 2.26. The van der Waals surface area contributed by atoms with Gasteiger partial charge in [-0.2, -0.15) is 0 Å². The van der Waals surface area contributed by atoms with E-state index in [4.69, 9.17) is 4.98 Å². The van der Waals surface area contributed by atoms with Gasteiger partial charge in [-0.05, 0) is 43.7 Å². The summed E-state index contributed by atoms with van der Waals surface area (Å²) in [6, 6.07) is 3.54. The highest BCUT2D eigenvalue weighted by atomic mass is 16.4. The summed E-state index contributed by atoms with van der Waals surface area (Å²) < 4.78 is 0. The topological polar surface area (TPSA) is 91.3 Å². The lowest BCUT2D eigenvalue weighted by Crippen LogP contribution is -2.45. The summed E-state index contributed by atoms with van der Waals surface area (Å²) in [5.41, 5.74) is 1.89. The summed E-state index contributed by atoms with van der Waals surface area (Å²) in [7, 11) is 0. The van der Waals surface area contributed by atoms with Crippen molar-refractivity contribution in [3.8, 4) is 0 Å². The second-order valence-corrected chi connectivity index (χ2v) is 8.76. The van der Waals surface area contributed by atoms with Gasteiger partial charge in [0.15, 0.2) is 0 Å². The van der Waals surface area contributed by atoms with Crippen molar-refractivity contribution in [1.29, 1.82) is 0 Å². The van der Waals surface area contributed by atoms with Crippen LogP contribution in [-0.2, 0) is 22.4 Å². The Morgan fingerprint density at radius 2 is 1.89 bits per heavy atom. The van der Waals surface area contributed by atoms with Crippen LogP contribution in [0, 0.1) is 5.41 Å². The summed E-state index contributed by atoms with van der Waals surface area (Å²) in [6.45, 7) is 6.37. The minimum atomic E-state index is -0.954. The molecule has 1 aliphatic heterocycles. The number of aryl methyl sites for hydroxylation is 2. The molecule has 0 unspecified atom stereocenters. The Morgan fingerprint density at radius 3 is 2.61 bits per heavy atom. The second-order valence-electron chi connectivity index (χ2n) is 8.76. The van der Waals surface area contributed by atoms with E-state index >= 15 is 0 Å². The molecule has 1 atom stereocenters. The number of amides is 1. The normalized spacial score (nSPS) is 14.7. The number of rotatable bonds is 10. The van der Waals surface area contributed by atoms with Crippen LogP contribution in [0.25, 0.3) is 0 Å². The molecule has 1 aromatic heterocycles. The monoisotopic (exact) mass is 389 g/mol. The zero-order valence-corrected chi connectivity index (χ0v) is 17.5. The number of anilines is 1. The zero-order valence-electron chi connectivity index (χ0n) is 17.5. The lowest BCUT2D eigenvalue weighted by Gasteiger charge is -2.21. The van der Waals surface area contributed by atoms with Crippen LogP contribution in [-0.4, -0.2) is 34.6 Å². The van der Waals surface area contributed by atoms with Gasteiger partial charge in [-0.1, -0.05) is 52.5 Å². The maximum atomic E-state index is 12.0. The lowest BCUT2D eigenvalue weighted by molar-refractivity contribution is -0.143. The summed E-state index contributed by atoms with van der Waals surface area (Å²) in [5.74, 6) is -0.114. The first kappa shape index (κ1) is 22.2. The molecule has 2 rings (SSSR count). The van der Waals surface area contributed by atoms with Crippen molar-refractivity contribution >= 4 is 17.7 Å². The fraction of sp³-hybridized carbons (Fsp3) is 0.682. The molecule has 6 heteroatoms. The first-order valence-electron chi connectivity index (χ1n) is 10.5. The summed E-state index contributed by atoms with van der Waals surface area (Å²) in [5, 5.41) is 15.3. The number of hydrogen-bond acceptors (Lipinski definition) is 4. The Bertz CT molecular complexity index is 667. The average Bonchev–Trinajstić information content (AvgIpc) is 2.65. The van der Waals surface area contributed by atoms with Crippen LogP contribution in [0.3, 0.4) is 0 Å². The van der Waals surface area contributed by atoms with Gasteiger partial charge < -0.3 is 15.7 Å². The van der Waals surface area contributed by atoms with E-state index < -0.39 is 17.4 Å². The number of fused-ring (bicyclic) bond motifs is 1. The maximum absolute atomic E-state index is 12.0. The fourth-order valence-electron chi connectivity index (χ4n) is 3.33. The molecule has 0 bridgehead atoms. The quantitative estimate of drug-likeness (QED) is 0.527. The highest BCUT2D eigenvalue weighted by Crippen LogP contribution is 2.20. The third-order valence-corrected chi connectivity index (χ3v) is 5.16. The molecular formula is C22H35N3O3. The smallest absolute Gasteiger partial charge is 0.326 e. The average molecular weight is 390 g/mol. The number of aliphatic carboxylic acids is 1. The number of carbonyl (C=O) groups is 2. The van der Waals surface area contributed by atoms with Gasteiger partial charge in [0.2, 0.25) is 5.91 Å². The molecule has 1 amide bonds. The van der Waals surface area contributed by atoms with E-state index in [1.807, 2.05) is 0 Å². The van der Waals surface area contributed by atoms with Crippen LogP contribution >= 0.6 is 0 Å². The molecule has 0 spiro atoms. The predicted molar refractivity (Wildman–Crippen MR) is 111 cm³/mol. The van der Waals surface area contributed by atoms with Gasteiger partial charge in [-0.25, -0.2) is 9.78 Å². The van der Waals surface area contributed by atoms with Crippen molar-refractivity contribution in [2.24, 2.45) is 5.41 Å². The molecule has 28 heavy (non-hydrogen) atoms. The fourth-order valence-corrected chi connectivity index (χ4v) is 3.33. The van der Waals surface area contributed by atoms with E-state index in [1.165, 1.54) is 12.0 Å².